The quantitative estimate of drug-likeness (QED) is 0.851. The number of aromatic nitrogens is 1. The van der Waals surface area contributed by atoms with Crippen molar-refractivity contribution in [1.82, 2.24) is 10.3 Å². The Balaban J connectivity index is 2.71. The van der Waals surface area contributed by atoms with Crippen LogP contribution < -0.4 is 5.32 Å². The number of pyridine rings is 1. The summed E-state index contributed by atoms with van der Waals surface area (Å²) in [6.45, 7) is 9.64. The Hall–Kier alpha value is -0.610. The van der Waals surface area contributed by atoms with E-state index in [1.54, 1.807) is 12.3 Å². The van der Waals surface area contributed by atoms with Crippen molar-refractivity contribution in [2.75, 3.05) is 12.3 Å². The average molecular weight is 270 g/mol. The van der Waals surface area contributed by atoms with E-state index in [0.717, 1.165) is 24.3 Å². The number of nitrogens with one attached hydrogen (secondary N) is 1. The van der Waals surface area contributed by atoms with E-state index in [2.05, 4.69) is 38.0 Å². The van der Waals surface area contributed by atoms with Gasteiger partial charge in [-0.15, -0.1) is 0 Å². The van der Waals surface area contributed by atoms with Crippen molar-refractivity contribution in [3.8, 4) is 0 Å². The van der Waals surface area contributed by atoms with Crippen LogP contribution in [-0.4, -0.2) is 22.0 Å². The van der Waals surface area contributed by atoms with Crippen molar-refractivity contribution in [2.24, 2.45) is 0 Å². The molecule has 0 amide bonds. The van der Waals surface area contributed by atoms with Gasteiger partial charge in [0, 0.05) is 22.7 Å². The van der Waals surface area contributed by atoms with E-state index >= 15 is 0 Å². The highest BCUT2D eigenvalue weighted by Gasteiger charge is 2.17. The zero-order valence-corrected chi connectivity index (χ0v) is 12.5. The molecule has 1 aromatic heterocycles. The molecular formula is C14H23FN2S. The van der Waals surface area contributed by atoms with Crippen LogP contribution in [0.25, 0.3) is 0 Å². The highest BCUT2D eigenvalue weighted by molar-refractivity contribution is 8.00. The van der Waals surface area contributed by atoms with Gasteiger partial charge in [0.2, 0.25) is 0 Å². The molecule has 1 rings (SSSR count). The maximum Gasteiger partial charge on any atom is 0.141 e. The molecule has 1 N–H and O–H groups in total. The Labute approximate surface area is 114 Å². The van der Waals surface area contributed by atoms with Crippen molar-refractivity contribution >= 4 is 11.8 Å². The second-order valence-corrected chi connectivity index (χ2v) is 7.21. The van der Waals surface area contributed by atoms with E-state index in [1.807, 2.05) is 11.8 Å². The Morgan fingerprint density at radius 3 is 2.67 bits per heavy atom. The molecular weight excluding hydrogens is 247 g/mol. The first kappa shape index (κ1) is 15.4. The molecule has 102 valence electrons. The molecule has 1 aromatic rings. The van der Waals surface area contributed by atoms with E-state index in [4.69, 9.17) is 0 Å². The van der Waals surface area contributed by atoms with Gasteiger partial charge in [-0.2, -0.15) is 11.8 Å². The van der Waals surface area contributed by atoms with Crippen LogP contribution in [-0.2, 0) is 0 Å². The number of hydrogen-bond acceptors (Lipinski definition) is 3. The third-order valence-corrected chi connectivity index (χ3v) is 3.82. The van der Waals surface area contributed by atoms with Crippen LogP contribution in [0.3, 0.4) is 0 Å². The summed E-state index contributed by atoms with van der Waals surface area (Å²) in [5, 5.41) is 3.46. The molecule has 1 heterocycles. The molecule has 18 heavy (non-hydrogen) atoms. The lowest BCUT2D eigenvalue weighted by molar-refractivity contribution is 0.562. The fraction of sp³-hybridized carbons (Fsp3) is 0.643. The fourth-order valence-corrected chi connectivity index (χ4v) is 2.52. The zero-order chi connectivity index (χ0) is 13.6. The largest absolute Gasteiger partial charge is 0.309 e. The average Bonchev–Trinajstić information content (AvgIpc) is 2.28. The minimum atomic E-state index is -0.267. The Bertz CT molecular complexity index is 363. The summed E-state index contributed by atoms with van der Waals surface area (Å²) in [5.74, 6) is 0.658. The summed E-state index contributed by atoms with van der Waals surface area (Å²) in [6.07, 6.45) is 4.07. The first-order valence-corrected chi connectivity index (χ1v) is 7.38. The van der Waals surface area contributed by atoms with Crippen molar-refractivity contribution in [1.29, 1.82) is 0 Å². The van der Waals surface area contributed by atoms with Gasteiger partial charge in [0.25, 0.3) is 0 Å². The number of halogens is 1. The maximum atomic E-state index is 13.2. The van der Waals surface area contributed by atoms with Gasteiger partial charge in [-0.1, -0.05) is 27.7 Å². The summed E-state index contributed by atoms with van der Waals surface area (Å²) >= 11 is 1.88. The van der Waals surface area contributed by atoms with Crippen LogP contribution >= 0.6 is 11.8 Å². The summed E-state index contributed by atoms with van der Waals surface area (Å²) < 4.78 is 13.4. The molecule has 1 unspecified atom stereocenters. The van der Waals surface area contributed by atoms with Gasteiger partial charge in [0.05, 0.1) is 6.20 Å². The van der Waals surface area contributed by atoms with Crippen LogP contribution in [0.15, 0.2) is 18.5 Å². The Kier molecular flexibility index (Phi) is 6.09. The smallest absolute Gasteiger partial charge is 0.141 e. The molecule has 0 spiro atoms. The monoisotopic (exact) mass is 270 g/mol. The van der Waals surface area contributed by atoms with Gasteiger partial charge >= 0.3 is 0 Å². The molecule has 0 bridgehead atoms. The minimum absolute atomic E-state index is 0.164. The normalized spacial score (nSPS) is 13.6. The molecule has 0 aliphatic heterocycles. The molecule has 0 saturated carbocycles. The zero-order valence-electron chi connectivity index (χ0n) is 11.7. The fourth-order valence-electron chi connectivity index (χ4n) is 1.54. The van der Waals surface area contributed by atoms with Gasteiger partial charge in [-0.3, -0.25) is 4.98 Å². The highest BCUT2D eigenvalue weighted by atomic mass is 32.2. The number of nitrogens with zero attached hydrogens (tertiary/aromatic N) is 1. The Morgan fingerprint density at radius 2 is 2.11 bits per heavy atom. The molecule has 0 aromatic carbocycles. The molecule has 4 heteroatoms. The number of rotatable bonds is 6. The van der Waals surface area contributed by atoms with Gasteiger partial charge in [-0.25, -0.2) is 4.39 Å². The van der Waals surface area contributed by atoms with Crippen molar-refractivity contribution in [2.45, 2.75) is 44.9 Å². The third kappa shape index (κ3) is 5.83. The SMILES string of the molecule is CCCNC(CSC(C)(C)C)c1cncc(F)c1. The number of hydrogen-bond donors (Lipinski definition) is 1. The summed E-state index contributed by atoms with van der Waals surface area (Å²) in [4.78, 5) is 3.93. The summed E-state index contributed by atoms with van der Waals surface area (Å²) in [7, 11) is 0. The van der Waals surface area contributed by atoms with E-state index in [-0.39, 0.29) is 16.6 Å². The molecule has 1 atom stereocenters. The lowest BCUT2D eigenvalue weighted by atomic mass is 10.1. The van der Waals surface area contributed by atoms with Crippen molar-refractivity contribution < 1.29 is 4.39 Å². The lowest BCUT2D eigenvalue weighted by Gasteiger charge is -2.24. The first-order chi connectivity index (χ1) is 8.42. The van der Waals surface area contributed by atoms with Gasteiger partial charge in [-0.05, 0) is 24.6 Å². The third-order valence-electron chi connectivity index (χ3n) is 2.45. The molecule has 0 fully saturated rings. The highest BCUT2D eigenvalue weighted by Crippen LogP contribution is 2.28. The molecule has 0 saturated heterocycles. The van der Waals surface area contributed by atoms with E-state index < -0.39 is 0 Å². The van der Waals surface area contributed by atoms with Crippen LogP contribution in [0.4, 0.5) is 4.39 Å². The van der Waals surface area contributed by atoms with Gasteiger partial charge < -0.3 is 5.32 Å². The van der Waals surface area contributed by atoms with Crippen LogP contribution in [0.5, 0.6) is 0 Å². The maximum absolute atomic E-state index is 13.2. The lowest BCUT2D eigenvalue weighted by Crippen LogP contribution is -2.26. The molecule has 0 radical (unpaired) electrons. The van der Waals surface area contributed by atoms with Gasteiger partial charge in [0.1, 0.15) is 5.82 Å². The predicted molar refractivity (Wildman–Crippen MR) is 77.4 cm³/mol. The van der Waals surface area contributed by atoms with Crippen molar-refractivity contribution in [3.63, 3.8) is 0 Å². The van der Waals surface area contributed by atoms with Crippen LogP contribution in [0, 0.1) is 5.82 Å². The Morgan fingerprint density at radius 1 is 1.39 bits per heavy atom. The standard InChI is InChI=1S/C14H23FN2S/c1-5-6-17-13(10-18-14(2,3)4)11-7-12(15)9-16-8-11/h7-9,13,17H,5-6,10H2,1-4H3. The van der Waals surface area contributed by atoms with Gasteiger partial charge in [0.15, 0.2) is 0 Å². The second kappa shape index (κ2) is 7.10. The van der Waals surface area contributed by atoms with E-state index in [9.17, 15) is 4.39 Å². The van der Waals surface area contributed by atoms with E-state index in [0.29, 0.717) is 0 Å². The summed E-state index contributed by atoms with van der Waals surface area (Å²) in [5.41, 5.74) is 0.931. The predicted octanol–water partition coefficient (Wildman–Crippen LogP) is 3.79. The van der Waals surface area contributed by atoms with E-state index in [1.165, 1.54) is 6.20 Å². The topological polar surface area (TPSA) is 24.9 Å². The van der Waals surface area contributed by atoms with Crippen LogP contribution in [0.2, 0.25) is 0 Å². The van der Waals surface area contributed by atoms with Crippen LogP contribution in [0.1, 0.15) is 45.7 Å². The second-order valence-electron chi connectivity index (χ2n) is 5.37. The molecule has 2 nitrogen and oxygen atoms in total. The first-order valence-electron chi connectivity index (χ1n) is 6.40. The molecule has 0 aliphatic rings. The number of thioether (sulfide) groups is 1. The summed E-state index contributed by atoms with van der Waals surface area (Å²) in [6, 6.07) is 1.74. The minimum Gasteiger partial charge on any atom is -0.309 e. The molecule has 0 aliphatic carbocycles. The van der Waals surface area contributed by atoms with Crippen molar-refractivity contribution in [3.05, 3.63) is 29.8 Å².